The zero-order valence-corrected chi connectivity index (χ0v) is 10.3. The summed E-state index contributed by atoms with van der Waals surface area (Å²) in [6.45, 7) is 7.54. The van der Waals surface area contributed by atoms with Crippen LogP contribution in [0.4, 0.5) is 0 Å². The van der Waals surface area contributed by atoms with E-state index < -0.39 is 23.3 Å². The molecule has 5 heteroatoms. The summed E-state index contributed by atoms with van der Waals surface area (Å²) in [6.07, 6.45) is -0.103. The molecule has 0 saturated heterocycles. The quantitative estimate of drug-likeness (QED) is 0.540. The van der Waals surface area contributed by atoms with Crippen molar-refractivity contribution in [2.75, 3.05) is 0 Å². The van der Waals surface area contributed by atoms with Gasteiger partial charge in [-0.2, -0.15) is 0 Å². The molecule has 0 unspecified atom stereocenters. The van der Waals surface area contributed by atoms with Crippen LogP contribution in [0.25, 0.3) is 0 Å². The molecule has 0 amide bonds. The Hall–Kier alpha value is -1.39. The van der Waals surface area contributed by atoms with Gasteiger partial charge in [0.25, 0.3) is 0 Å². The molecule has 0 fully saturated rings. The molecule has 0 N–H and O–H groups in total. The van der Waals surface area contributed by atoms with Crippen molar-refractivity contribution in [3.63, 3.8) is 0 Å². The predicted octanol–water partition coefficient (Wildman–Crippen LogP) is 1.44. The Kier molecular flexibility index (Phi) is 5.14. The molecular weight excluding hydrogens is 212 g/mol. The standard InChI is InChI=1S/C11H18O5/c1-6-11(5,9(13)15-7(2)3)10(14)16-8(4)12/h7H,6H2,1-5H3/t11-/m1/s1. The van der Waals surface area contributed by atoms with Crippen LogP contribution >= 0.6 is 0 Å². The van der Waals surface area contributed by atoms with E-state index in [2.05, 4.69) is 4.74 Å². The normalized spacial score (nSPS) is 14.1. The Labute approximate surface area is 95.1 Å². The monoisotopic (exact) mass is 230 g/mol. The lowest BCUT2D eigenvalue weighted by molar-refractivity contribution is -0.176. The van der Waals surface area contributed by atoms with Gasteiger partial charge in [-0.1, -0.05) is 6.92 Å². The summed E-state index contributed by atoms with van der Waals surface area (Å²) in [5.74, 6) is -2.27. The molecule has 0 aliphatic heterocycles. The molecule has 0 aromatic carbocycles. The van der Waals surface area contributed by atoms with Gasteiger partial charge in [0, 0.05) is 6.92 Å². The lowest BCUT2D eigenvalue weighted by Crippen LogP contribution is -2.40. The van der Waals surface area contributed by atoms with E-state index in [1.54, 1.807) is 20.8 Å². The highest BCUT2D eigenvalue weighted by Crippen LogP contribution is 2.25. The summed E-state index contributed by atoms with van der Waals surface area (Å²) in [5, 5.41) is 0. The van der Waals surface area contributed by atoms with Gasteiger partial charge in [0.15, 0.2) is 5.41 Å². The summed E-state index contributed by atoms with van der Waals surface area (Å²) in [4.78, 5) is 33.9. The van der Waals surface area contributed by atoms with Crippen molar-refractivity contribution in [1.29, 1.82) is 0 Å². The van der Waals surface area contributed by atoms with Crippen LogP contribution in [0.1, 0.15) is 41.0 Å². The predicted molar refractivity (Wildman–Crippen MR) is 56.4 cm³/mol. The average Bonchev–Trinajstić information content (AvgIpc) is 2.14. The molecule has 92 valence electrons. The first kappa shape index (κ1) is 14.6. The molecule has 0 bridgehead atoms. The maximum atomic E-state index is 11.7. The van der Waals surface area contributed by atoms with Crippen LogP contribution < -0.4 is 0 Å². The SMILES string of the molecule is CC[C@@](C)(C(=O)OC(C)=O)C(=O)OC(C)C. The minimum atomic E-state index is -1.42. The summed E-state index contributed by atoms with van der Waals surface area (Å²) in [7, 11) is 0. The maximum absolute atomic E-state index is 11.7. The fraction of sp³-hybridized carbons (Fsp3) is 0.727. The van der Waals surface area contributed by atoms with Gasteiger partial charge in [0.05, 0.1) is 6.10 Å². The number of esters is 3. The first-order valence-electron chi connectivity index (χ1n) is 5.18. The van der Waals surface area contributed by atoms with Crippen molar-refractivity contribution >= 4 is 17.9 Å². The number of carbonyl (C=O) groups is 3. The molecule has 0 saturated carbocycles. The van der Waals surface area contributed by atoms with Gasteiger partial charge in [-0.3, -0.25) is 14.4 Å². The van der Waals surface area contributed by atoms with Crippen LogP contribution in [0.5, 0.6) is 0 Å². The van der Waals surface area contributed by atoms with Gasteiger partial charge in [-0.15, -0.1) is 0 Å². The zero-order chi connectivity index (χ0) is 12.9. The van der Waals surface area contributed by atoms with E-state index in [-0.39, 0.29) is 12.5 Å². The fourth-order valence-corrected chi connectivity index (χ4v) is 0.959. The van der Waals surface area contributed by atoms with Gasteiger partial charge < -0.3 is 9.47 Å². The molecule has 0 spiro atoms. The van der Waals surface area contributed by atoms with Crippen LogP contribution in [-0.4, -0.2) is 24.0 Å². The minimum Gasteiger partial charge on any atom is -0.462 e. The summed E-state index contributed by atoms with van der Waals surface area (Å²) >= 11 is 0. The van der Waals surface area contributed by atoms with E-state index in [4.69, 9.17) is 4.74 Å². The van der Waals surface area contributed by atoms with Crippen LogP contribution in [-0.2, 0) is 23.9 Å². The topological polar surface area (TPSA) is 69.7 Å². The van der Waals surface area contributed by atoms with Crippen molar-refractivity contribution in [2.45, 2.75) is 47.1 Å². The van der Waals surface area contributed by atoms with Crippen LogP contribution in [0.15, 0.2) is 0 Å². The fourth-order valence-electron chi connectivity index (χ4n) is 0.959. The van der Waals surface area contributed by atoms with E-state index in [0.29, 0.717) is 0 Å². The number of hydrogen-bond donors (Lipinski definition) is 0. The minimum absolute atomic E-state index is 0.213. The number of rotatable bonds is 4. The Morgan fingerprint density at radius 2 is 1.69 bits per heavy atom. The molecule has 5 nitrogen and oxygen atoms in total. The van der Waals surface area contributed by atoms with Crippen molar-refractivity contribution < 1.29 is 23.9 Å². The summed E-state index contributed by atoms with van der Waals surface area (Å²) in [5.41, 5.74) is -1.42. The van der Waals surface area contributed by atoms with Gasteiger partial charge in [0.1, 0.15) is 0 Å². The second-order valence-corrected chi connectivity index (χ2v) is 4.02. The van der Waals surface area contributed by atoms with E-state index in [0.717, 1.165) is 6.92 Å². The molecule has 0 aliphatic carbocycles. The van der Waals surface area contributed by atoms with E-state index in [9.17, 15) is 14.4 Å². The number of carbonyl (C=O) groups excluding carboxylic acids is 3. The van der Waals surface area contributed by atoms with E-state index in [1.165, 1.54) is 6.92 Å². The summed E-state index contributed by atoms with van der Waals surface area (Å²) < 4.78 is 9.39. The molecule has 0 rings (SSSR count). The second-order valence-electron chi connectivity index (χ2n) is 4.02. The van der Waals surface area contributed by atoms with Crippen LogP contribution in [0, 0.1) is 5.41 Å². The lowest BCUT2D eigenvalue weighted by atomic mass is 9.88. The number of hydrogen-bond acceptors (Lipinski definition) is 5. The summed E-state index contributed by atoms with van der Waals surface area (Å²) in [6, 6.07) is 0. The number of ether oxygens (including phenoxy) is 2. The van der Waals surface area contributed by atoms with Crippen molar-refractivity contribution in [2.24, 2.45) is 5.41 Å². The van der Waals surface area contributed by atoms with E-state index >= 15 is 0 Å². The molecule has 0 heterocycles. The lowest BCUT2D eigenvalue weighted by Gasteiger charge is -2.24. The molecule has 1 atom stereocenters. The third-order valence-electron chi connectivity index (χ3n) is 2.19. The maximum Gasteiger partial charge on any atom is 0.330 e. The van der Waals surface area contributed by atoms with Crippen LogP contribution in [0.3, 0.4) is 0 Å². The highest BCUT2D eigenvalue weighted by molar-refractivity contribution is 6.02. The Morgan fingerprint density at radius 3 is 2.00 bits per heavy atom. The molecule has 0 aromatic heterocycles. The average molecular weight is 230 g/mol. The van der Waals surface area contributed by atoms with Crippen LogP contribution in [0.2, 0.25) is 0 Å². The molecule has 0 aliphatic rings. The van der Waals surface area contributed by atoms with Gasteiger partial charge in [0.2, 0.25) is 0 Å². The zero-order valence-electron chi connectivity index (χ0n) is 10.3. The highest BCUT2D eigenvalue weighted by atomic mass is 16.6. The van der Waals surface area contributed by atoms with Gasteiger partial charge in [-0.25, -0.2) is 0 Å². The largest absolute Gasteiger partial charge is 0.462 e. The smallest absolute Gasteiger partial charge is 0.330 e. The Morgan fingerprint density at radius 1 is 1.19 bits per heavy atom. The first-order valence-corrected chi connectivity index (χ1v) is 5.18. The molecule has 0 aromatic rings. The van der Waals surface area contributed by atoms with Gasteiger partial charge in [-0.05, 0) is 27.2 Å². The van der Waals surface area contributed by atoms with Crippen molar-refractivity contribution in [1.82, 2.24) is 0 Å². The second kappa shape index (κ2) is 5.63. The first-order chi connectivity index (χ1) is 7.24. The molecular formula is C11H18O5. The van der Waals surface area contributed by atoms with E-state index in [1.807, 2.05) is 0 Å². The molecule has 0 radical (unpaired) electrons. The van der Waals surface area contributed by atoms with Crippen molar-refractivity contribution in [3.05, 3.63) is 0 Å². The highest BCUT2D eigenvalue weighted by Gasteiger charge is 2.43. The third kappa shape index (κ3) is 3.64. The molecule has 16 heavy (non-hydrogen) atoms. The Balaban J connectivity index is 4.82. The van der Waals surface area contributed by atoms with Crippen molar-refractivity contribution in [3.8, 4) is 0 Å². The third-order valence-corrected chi connectivity index (χ3v) is 2.19. The van der Waals surface area contributed by atoms with Gasteiger partial charge >= 0.3 is 17.9 Å². The Bertz CT molecular complexity index is 295.